The third kappa shape index (κ3) is 4.35. The predicted molar refractivity (Wildman–Crippen MR) is 138 cm³/mol. The van der Waals surface area contributed by atoms with Gasteiger partial charge in [0.05, 0.1) is 5.56 Å². The smallest absolute Gasteiger partial charge is 0.220 e. The summed E-state index contributed by atoms with van der Waals surface area (Å²) in [6.45, 7) is 12.9. The lowest BCUT2D eigenvalue weighted by molar-refractivity contribution is 0.0430. The van der Waals surface area contributed by atoms with E-state index < -0.39 is 11.6 Å². The third-order valence-electron chi connectivity index (χ3n) is 6.58. The maximum Gasteiger partial charge on any atom is 0.220 e. The highest BCUT2D eigenvalue weighted by molar-refractivity contribution is 5.98. The van der Waals surface area contributed by atoms with E-state index in [0.29, 0.717) is 11.5 Å². The number of hydrogen-bond acceptors (Lipinski definition) is 4. The van der Waals surface area contributed by atoms with Gasteiger partial charge in [-0.15, -0.1) is 0 Å². The van der Waals surface area contributed by atoms with Crippen LogP contribution in [0.4, 0.5) is 0 Å². The zero-order valence-corrected chi connectivity index (χ0v) is 21.0. The Hall–Kier alpha value is -3.11. The SMILES string of the molecule is CC(C)(C)c1cc(C2=N[C@H](C(O)(c3ccccc3)c3ccccc3)CO2)c(O)c(C(C)(C)C)c1. The summed E-state index contributed by atoms with van der Waals surface area (Å²) in [6.07, 6.45) is 0. The number of phenols is 1. The third-order valence-corrected chi connectivity index (χ3v) is 6.58. The summed E-state index contributed by atoms with van der Waals surface area (Å²) in [7, 11) is 0. The molecule has 178 valence electrons. The van der Waals surface area contributed by atoms with Crippen LogP contribution in [0.3, 0.4) is 0 Å². The van der Waals surface area contributed by atoms with Gasteiger partial charge in [-0.3, -0.25) is 0 Å². The molecule has 0 saturated heterocycles. The van der Waals surface area contributed by atoms with E-state index in [0.717, 1.165) is 22.3 Å². The molecule has 4 nitrogen and oxygen atoms in total. The van der Waals surface area contributed by atoms with Crippen molar-refractivity contribution in [3.8, 4) is 5.75 Å². The zero-order chi connectivity index (χ0) is 24.7. The van der Waals surface area contributed by atoms with Gasteiger partial charge in [-0.1, -0.05) is 108 Å². The van der Waals surface area contributed by atoms with Crippen molar-refractivity contribution >= 4 is 5.90 Å². The molecular weight excluding hydrogens is 422 g/mol. The van der Waals surface area contributed by atoms with E-state index in [1.165, 1.54) is 0 Å². The van der Waals surface area contributed by atoms with Crippen molar-refractivity contribution in [1.82, 2.24) is 0 Å². The van der Waals surface area contributed by atoms with E-state index in [1.54, 1.807) is 0 Å². The van der Waals surface area contributed by atoms with Crippen LogP contribution in [0.15, 0.2) is 77.8 Å². The predicted octanol–water partition coefficient (Wildman–Crippen LogP) is 6.07. The van der Waals surface area contributed by atoms with E-state index in [4.69, 9.17) is 9.73 Å². The highest BCUT2D eigenvalue weighted by Gasteiger charge is 2.44. The number of ether oxygens (including phenoxy) is 1. The summed E-state index contributed by atoms with van der Waals surface area (Å²) < 4.78 is 6.09. The summed E-state index contributed by atoms with van der Waals surface area (Å²) in [4.78, 5) is 4.87. The van der Waals surface area contributed by atoms with Gasteiger partial charge < -0.3 is 14.9 Å². The molecule has 0 radical (unpaired) electrons. The molecule has 1 atom stereocenters. The van der Waals surface area contributed by atoms with Crippen LogP contribution in [0.2, 0.25) is 0 Å². The molecule has 34 heavy (non-hydrogen) atoms. The molecule has 4 heteroatoms. The Morgan fingerprint density at radius 3 is 1.76 bits per heavy atom. The zero-order valence-electron chi connectivity index (χ0n) is 21.0. The maximum absolute atomic E-state index is 12.1. The molecule has 3 aromatic rings. The Kier molecular flexibility index (Phi) is 6.07. The van der Waals surface area contributed by atoms with Gasteiger partial charge in [0, 0.05) is 5.56 Å². The van der Waals surface area contributed by atoms with Crippen molar-refractivity contribution < 1.29 is 14.9 Å². The Bertz CT molecular complexity index is 1150. The minimum Gasteiger partial charge on any atom is -0.507 e. The van der Waals surface area contributed by atoms with Gasteiger partial charge in [0.15, 0.2) is 0 Å². The Morgan fingerprint density at radius 2 is 1.29 bits per heavy atom. The molecular formula is C30H35NO3. The van der Waals surface area contributed by atoms with E-state index in [2.05, 4.69) is 47.6 Å². The normalized spacial score (nSPS) is 16.8. The van der Waals surface area contributed by atoms with Crippen molar-refractivity contribution in [2.75, 3.05) is 6.61 Å². The number of nitrogens with zero attached hydrogens (tertiary/aromatic N) is 1. The van der Waals surface area contributed by atoms with Gasteiger partial charge in [0.1, 0.15) is 24.0 Å². The van der Waals surface area contributed by atoms with Crippen LogP contribution in [0, 0.1) is 0 Å². The van der Waals surface area contributed by atoms with Crippen LogP contribution >= 0.6 is 0 Å². The summed E-state index contributed by atoms with van der Waals surface area (Å²) >= 11 is 0. The van der Waals surface area contributed by atoms with Crippen molar-refractivity contribution in [2.45, 2.75) is 64.0 Å². The van der Waals surface area contributed by atoms with E-state index >= 15 is 0 Å². The van der Waals surface area contributed by atoms with Crippen LogP contribution in [0.5, 0.6) is 5.75 Å². The summed E-state index contributed by atoms with van der Waals surface area (Å²) in [5.41, 5.74) is 2.29. The quantitative estimate of drug-likeness (QED) is 0.500. The van der Waals surface area contributed by atoms with E-state index in [9.17, 15) is 10.2 Å². The van der Waals surface area contributed by atoms with Crippen molar-refractivity contribution in [1.29, 1.82) is 0 Å². The fraction of sp³-hybridized carbons (Fsp3) is 0.367. The molecule has 0 bridgehead atoms. The highest BCUT2D eigenvalue weighted by atomic mass is 16.5. The minimum absolute atomic E-state index is 0.115. The van der Waals surface area contributed by atoms with Gasteiger partial charge in [-0.05, 0) is 33.6 Å². The Balaban J connectivity index is 1.86. The van der Waals surface area contributed by atoms with Crippen LogP contribution in [0.25, 0.3) is 0 Å². The Labute approximate surface area is 203 Å². The van der Waals surface area contributed by atoms with Gasteiger partial charge in [-0.25, -0.2) is 4.99 Å². The number of aromatic hydroxyl groups is 1. The molecule has 0 aliphatic carbocycles. The van der Waals surface area contributed by atoms with Gasteiger partial charge in [0.25, 0.3) is 0 Å². The standard InChI is InChI=1S/C30H35NO3/c1-28(2,3)22-17-23(26(32)24(18-22)29(4,5)6)27-31-25(19-34-27)30(33,20-13-9-7-10-14-20)21-15-11-8-12-16-21/h7-18,25,32-33H,19H2,1-6H3/t25-/m0/s1. The molecule has 0 spiro atoms. The number of hydrogen-bond donors (Lipinski definition) is 2. The van der Waals surface area contributed by atoms with E-state index in [-0.39, 0.29) is 23.2 Å². The molecule has 1 heterocycles. The average molecular weight is 458 g/mol. The average Bonchev–Trinajstić information content (AvgIpc) is 3.29. The molecule has 0 amide bonds. The van der Waals surface area contributed by atoms with Crippen LogP contribution in [0.1, 0.15) is 69.4 Å². The first kappa shape index (κ1) is 24.0. The van der Waals surface area contributed by atoms with Gasteiger partial charge in [-0.2, -0.15) is 0 Å². The van der Waals surface area contributed by atoms with Crippen LogP contribution < -0.4 is 0 Å². The number of aliphatic imine (C=N–C) groups is 1. The maximum atomic E-state index is 12.1. The molecule has 3 aromatic carbocycles. The molecule has 0 unspecified atom stereocenters. The molecule has 0 saturated carbocycles. The molecule has 1 aliphatic heterocycles. The Morgan fingerprint density at radius 1 is 0.765 bits per heavy atom. The van der Waals surface area contributed by atoms with Crippen molar-refractivity contribution in [3.63, 3.8) is 0 Å². The topological polar surface area (TPSA) is 62.1 Å². The first-order chi connectivity index (χ1) is 15.9. The second kappa shape index (κ2) is 8.59. The van der Waals surface area contributed by atoms with Crippen molar-refractivity contribution in [3.05, 3.63) is 101 Å². The van der Waals surface area contributed by atoms with Gasteiger partial charge >= 0.3 is 0 Å². The lowest BCUT2D eigenvalue weighted by Gasteiger charge is -2.32. The highest BCUT2D eigenvalue weighted by Crippen LogP contribution is 2.41. The molecule has 0 aromatic heterocycles. The molecule has 2 N–H and O–H groups in total. The number of phenolic OH excluding ortho intramolecular Hbond substituents is 1. The van der Waals surface area contributed by atoms with Crippen LogP contribution in [-0.2, 0) is 21.2 Å². The lowest BCUT2D eigenvalue weighted by atomic mass is 9.79. The summed E-state index contributed by atoms with van der Waals surface area (Å²) in [6, 6.07) is 22.6. The van der Waals surface area contributed by atoms with Crippen molar-refractivity contribution in [2.24, 2.45) is 4.99 Å². The number of aliphatic hydroxyl groups is 1. The first-order valence-electron chi connectivity index (χ1n) is 11.8. The fourth-order valence-corrected chi connectivity index (χ4v) is 4.47. The monoisotopic (exact) mass is 457 g/mol. The second-order valence-electron chi connectivity index (χ2n) is 11.2. The van der Waals surface area contributed by atoms with E-state index in [1.807, 2.05) is 66.7 Å². The first-order valence-corrected chi connectivity index (χ1v) is 11.8. The summed E-state index contributed by atoms with van der Waals surface area (Å²) in [5, 5.41) is 23.4. The fourth-order valence-electron chi connectivity index (χ4n) is 4.47. The summed E-state index contributed by atoms with van der Waals surface area (Å²) in [5.74, 6) is 0.548. The number of benzene rings is 3. The van der Waals surface area contributed by atoms with Gasteiger partial charge in [0.2, 0.25) is 5.90 Å². The largest absolute Gasteiger partial charge is 0.507 e. The molecule has 1 aliphatic rings. The number of rotatable bonds is 4. The molecule has 0 fully saturated rings. The molecule has 4 rings (SSSR count). The minimum atomic E-state index is -1.37. The van der Waals surface area contributed by atoms with Crippen LogP contribution in [-0.4, -0.2) is 28.8 Å². The second-order valence-corrected chi connectivity index (χ2v) is 11.2. The lowest BCUT2D eigenvalue weighted by Crippen LogP contribution is -2.40.